The first kappa shape index (κ1) is 12.8. The topological polar surface area (TPSA) is 41.5 Å². The molecule has 0 saturated carbocycles. The van der Waals surface area contributed by atoms with E-state index in [0.717, 1.165) is 12.1 Å². The highest BCUT2D eigenvalue weighted by atomic mass is 35.5. The zero-order valence-electron chi connectivity index (χ0n) is 9.33. The Morgan fingerprint density at radius 2 is 2.35 bits per heavy atom. The zero-order chi connectivity index (χ0) is 12.3. The lowest BCUT2D eigenvalue weighted by atomic mass is 9.96. The van der Waals surface area contributed by atoms with E-state index in [1.165, 1.54) is 12.1 Å². The van der Waals surface area contributed by atoms with E-state index in [-0.39, 0.29) is 23.7 Å². The highest BCUT2D eigenvalue weighted by molar-refractivity contribution is 6.30. The maximum absolute atomic E-state index is 13.4. The molecule has 0 aromatic heterocycles. The zero-order valence-corrected chi connectivity index (χ0v) is 10.1. The number of rotatable bonds is 2. The molecular formula is C12H15ClFNO2. The highest BCUT2D eigenvalue weighted by Gasteiger charge is 2.26. The molecule has 1 fully saturated rings. The van der Waals surface area contributed by atoms with Gasteiger partial charge in [-0.2, -0.15) is 0 Å². The van der Waals surface area contributed by atoms with Crippen molar-refractivity contribution in [2.45, 2.75) is 6.10 Å². The summed E-state index contributed by atoms with van der Waals surface area (Å²) in [6, 6.07) is 4.63. The Kier molecular flexibility index (Phi) is 4.34. The fourth-order valence-electron chi connectivity index (χ4n) is 2.01. The minimum absolute atomic E-state index is 0.00190. The molecule has 1 aliphatic rings. The van der Waals surface area contributed by atoms with E-state index in [0.29, 0.717) is 13.2 Å². The van der Waals surface area contributed by atoms with Gasteiger partial charge in [0.25, 0.3) is 0 Å². The van der Waals surface area contributed by atoms with Crippen molar-refractivity contribution in [3.05, 3.63) is 34.6 Å². The first-order chi connectivity index (χ1) is 8.22. The molecule has 1 unspecified atom stereocenters. The van der Waals surface area contributed by atoms with Gasteiger partial charge in [-0.1, -0.05) is 17.7 Å². The van der Waals surface area contributed by atoms with Gasteiger partial charge in [0.05, 0.1) is 17.7 Å². The molecular weight excluding hydrogens is 245 g/mol. The molecule has 3 nitrogen and oxygen atoms in total. The molecule has 17 heavy (non-hydrogen) atoms. The fourth-order valence-corrected chi connectivity index (χ4v) is 2.12. The van der Waals surface area contributed by atoms with Crippen LogP contribution in [0.1, 0.15) is 11.7 Å². The Hall–Kier alpha value is -0.680. The molecule has 0 aliphatic carbocycles. The fraction of sp³-hybridized carbons (Fsp3) is 0.500. The summed E-state index contributed by atoms with van der Waals surface area (Å²) in [4.78, 5) is 0. The Bertz CT molecular complexity index is 389. The molecule has 2 atom stereocenters. The summed E-state index contributed by atoms with van der Waals surface area (Å²) in [6.45, 7) is 1.95. The normalized spacial score (nSPS) is 25.6. The van der Waals surface area contributed by atoms with Crippen molar-refractivity contribution in [2.75, 3.05) is 26.3 Å². The van der Waals surface area contributed by atoms with Crippen molar-refractivity contribution >= 4 is 11.6 Å². The monoisotopic (exact) mass is 259 g/mol. The van der Waals surface area contributed by atoms with E-state index in [4.69, 9.17) is 16.3 Å². The van der Waals surface area contributed by atoms with Gasteiger partial charge >= 0.3 is 0 Å². The highest BCUT2D eigenvalue weighted by Crippen LogP contribution is 2.29. The van der Waals surface area contributed by atoms with Crippen molar-refractivity contribution in [1.29, 1.82) is 0 Å². The second-order valence-corrected chi connectivity index (χ2v) is 4.52. The number of aliphatic hydroxyl groups is 1. The van der Waals surface area contributed by atoms with E-state index in [9.17, 15) is 9.50 Å². The van der Waals surface area contributed by atoms with Gasteiger partial charge < -0.3 is 15.2 Å². The first-order valence-electron chi connectivity index (χ1n) is 5.60. The van der Waals surface area contributed by atoms with Crippen molar-refractivity contribution in [2.24, 2.45) is 5.92 Å². The standard InChI is InChI=1S/C12H15ClFNO2/c13-10-2-1-8(5-11(10)14)12-9(7-16)6-15-3-4-17-12/h1-2,5,9,12,15-16H,3-4,6-7H2/t9-,12?/m1/s1. The molecule has 1 aliphatic heterocycles. The minimum atomic E-state index is -0.457. The maximum atomic E-state index is 13.4. The van der Waals surface area contributed by atoms with Crippen molar-refractivity contribution in [3.8, 4) is 0 Å². The van der Waals surface area contributed by atoms with Gasteiger partial charge in [0.1, 0.15) is 5.82 Å². The molecule has 2 N–H and O–H groups in total. The van der Waals surface area contributed by atoms with Gasteiger partial charge in [-0.05, 0) is 17.7 Å². The largest absolute Gasteiger partial charge is 0.396 e. The Morgan fingerprint density at radius 1 is 1.53 bits per heavy atom. The van der Waals surface area contributed by atoms with E-state index in [2.05, 4.69) is 5.32 Å². The summed E-state index contributed by atoms with van der Waals surface area (Å²) in [6.07, 6.45) is -0.290. The lowest BCUT2D eigenvalue weighted by Gasteiger charge is -2.23. The molecule has 0 spiro atoms. The third kappa shape index (κ3) is 2.96. The van der Waals surface area contributed by atoms with Crippen LogP contribution in [0, 0.1) is 11.7 Å². The van der Waals surface area contributed by atoms with Crippen LogP contribution in [-0.2, 0) is 4.74 Å². The van der Waals surface area contributed by atoms with E-state index >= 15 is 0 Å². The molecule has 1 aromatic rings. The molecule has 0 amide bonds. The predicted octanol–water partition coefficient (Wildman–Crippen LogP) is 1.75. The molecule has 2 rings (SSSR count). The molecule has 1 aromatic carbocycles. The number of halogens is 2. The summed E-state index contributed by atoms with van der Waals surface area (Å²) >= 11 is 5.64. The predicted molar refractivity (Wildman–Crippen MR) is 63.5 cm³/mol. The van der Waals surface area contributed by atoms with Crippen LogP contribution in [-0.4, -0.2) is 31.4 Å². The van der Waals surface area contributed by atoms with Crippen LogP contribution < -0.4 is 5.32 Å². The van der Waals surface area contributed by atoms with Crippen molar-refractivity contribution < 1.29 is 14.2 Å². The van der Waals surface area contributed by atoms with Crippen molar-refractivity contribution in [3.63, 3.8) is 0 Å². The Balaban J connectivity index is 2.25. The van der Waals surface area contributed by atoms with Crippen LogP contribution in [0.15, 0.2) is 18.2 Å². The maximum Gasteiger partial charge on any atom is 0.142 e. The number of hydrogen-bond donors (Lipinski definition) is 2. The third-order valence-electron chi connectivity index (χ3n) is 2.92. The smallest absolute Gasteiger partial charge is 0.142 e. The molecule has 0 bridgehead atoms. The van der Waals surface area contributed by atoms with Crippen molar-refractivity contribution in [1.82, 2.24) is 5.32 Å². The van der Waals surface area contributed by atoms with Gasteiger partial charge in [-0.25, -0.2) is 4.39 Å². The lowest BCUT2D eigenvalue weighted by Crippen LogP contribution is -2.27. The first-order valence-corrected chi connectivity index (χ1v) is 5.98. The van der Waals surface area contributed by atoms with Crippen LogP contribution in [0.2, 0.25) is 5.02 Å². The van der Waals surface area contributed by atoms with Gasteiger partial charge in [0.15, 0.2) is 0 Å². The van der Waals surface area contributed by atoms with Crippen LogP contribution in [0.25, 0.3) is 0 Å². The second-order valence-electron chi connectivity index (χ2n) is 4.11. The summed E-state index contributed by atoms with van der Waals surface area (Å²) in [5.41, 5.74) is 0.717. The second kappa shape index (κ2) is 5.78. The summed E-state index contributed by atoms with van der Waals surface area (Å²) in [7, 11) is 0. The van der Waals surface area contributed by atoms with Crippen LogP contribution in [0.3, 0.4) is 0 Å². The van der Waals surface area contributed by atoms with Crippen LogP contribution in [0.5, 0.6) is 0 Å². The molecule has 0 radical (unpaired) electrons. The Morgan fingerprint density at radius 3 is 3.06 bits per heavy atom. The van der Waals surface area contributed by atoms with E-state index in [1.807, 2.05) is 0 Å². The van der Waals surface area contributed by atoms with Gasteiger partial charge in [-0.3, -0.25) is 0 Å². The van der Waals surface area contributed by atoms with E-state index in [1.54, 1.807) is 6.07 Å². The summed E-state index contributed by atoms with van der Waals surface area (Å²) in [5, 5.41) is 12.6. The van der Waals surface area contributed by atoms with Gasteiger partial charge in [0.2, 0.25) is 0 Å². The van der Waals surface area contributed by atoms with Gasteiger partial charge in [-0.15, -0.1) is 0 Å². The number of benzene rings is 1. The number of ether oxygens (including phenoxy) is 1. The lowest BCUT2D eigenvalue weighted by molar-refractivity contribution is 0.0113. The summed E-state index contributed by atoms with van der Waals surface area (Å²) < 4.78 is 19.1. The molecule has 1 saturated heterocycles. The van der Waals surface area contributed by atoms with E-state index < -0.39 is 5.82 Å². The van der Waals surface area contributed by atoms with Crippen LogP contribution in [0.4, 0.5) is 4.39 Å². The molecule has 5 heteroatoms. The SMILES string of the molecule is OC[C@H]1CNCCOC1c1ccc(Cl)c(F)c1. The number of hydrogen-bond acceptors (Lipinski definition) is 3. The number of aliphatic hydroxyl groups excluding tert-OH is 1. The van der Waals surface area contributed by atoms with Crippen LogP contribution >= 0.6 is 11.6 Å². The van der Waals surface area contributed by atoms with Gasteiger partial charge in [0, 0.05) is 25.6 Å². The summed E-state index contributed by atoms with van der Waals surface area (Å²) in [5.74, 6) is -0.528. The average Bonchev–Trinajstić information content (AvgIpc) is 2.57. The third-order valence-corrected chi connectivity index (χ3v) is 3.22. The average molecular weight is 260 g/mol. The molecule has 1 heterocycles. The minimum Gasteiger partial charge on any atom is -0.396 e. The Labute approximate surface area is 105 Å². The number of nitrogens with one attached hydrogen (secondary N) is 1. The molecule has 94 valence electrons. The quantitative estimate of drug-likeness (QED) is 0.850.